The largest absolute Gasteiger partial charge is 0.396 e. The van der Waals surface area contributed by atoms with Crippen LogP contribution in [0.2, 0.25) is 0 Å². The van der Waals surface area contributed by atoms with Crippen LogP contribution < -0.4 is 4.72 Å². The summed E-state index contributed by atoms with van der Waals surface area (Å²) in [4.78, 5) is 0.362. The molecule has 0 saturated carbocycles. The van der Waals surface area contributed by atoms with Gasteiger partial charge in [0.25, 0.3) is 0 Å². The maximum absolute atomic E-state index is 11.9. The first kappa shape index (κ1) is 14.1. The zero-order valence-corrected chi connectivity index (χ0v) is 11.0. The Morgan fingerprint density at radius 3 is 2.76 bits per heavy atom. The van der Waals surface area contributed by atoms with Crippen molar-refractivity contribution in [3.05, 3.63) is 17.0 Å². The molecule has 0 bridgehead atoms. The summed E-state index contributed by atoms with van der Waals surface area (Å²) in [6.45, 7) is 1.78. The number of nitriles is 1. The summed E-state index contributed by atoms with van der Waals surface area (Å²) < 4.78 is 26.5. The van der Waals surface area contributed by atoms with Gasteiger partial charge in [0.1, 0.15) is 15.2 Å². The van der Waals surface area contributed by atoms with Gasteiger partial charge < -0.3 is 5.11 Å². The quantitative estimate of drug-likeness (QED) is 0.811. The molecule has 1 rings (SSSR count). The predicted octanol–water partition coefficient (Wildman–Crippen LogP) is 1.06. The Balaban J connectivity index is 2.84. The second-order valence-electron chi connectivity index (χ2n) is 3.47. The molecule has 0 aliphatic carbocycles. The first-order chi connectivity index (χ1) is 8.03. The molecule has 1 atom stereocenters. The van der Waals surface area contributed by atoms with Crippen LogP contribution in [0, 0.1) is 11.3 Å². The number of nitrogens with one attached hydrogen (secondary N) is 1. The van der Waals surface area contributed by atoms with Crippen molar-refractivity contribution in [2.75, 3.05) is 6.61 Å². The number of aliphatic hydroxyl groups excluding tert-OH is 1. The lowest BCUT2D eigenvalue weighted by Crippen LogP contribution is -2.34. The van der Waals surface area contributed by atoms with E-state index in [1.54, 1.807) is 0 Å². The van der Waals surface area contributed by atoms with E-state index < -0.39 is 10.0 Å². The SMILES string of the molecule is CCC(CCO)NS(=O)(=O)c1ccc(C#N)s1. The highest BCUT2D eigenvalue weighted by Gasteiger charge is 2.20. The highest BCUT2D eigenvalue weighted by molar-refractivity contribution is 7.91. The summed E-state index contributed by atoms with van der Waals surface area (Å²) >= 11 is 0.936. The fourth-order valence-corrected chi connectivity index (χ4v) is 3.78. The van der Waals surface area contributed by atoms with Crippen LogP contribution in [0.4, 0.5) is 0 Å². The maximum Gasteiger partial charge on any atom is 0.250 e. The van der Waals surface area contributed by atoms with Gasteiger partial charge >= 0.3 is 0 Å². The van der Waals surface area contributed by atoms with E-state index in [4.69, 9.17) is 10.4 Å². The molecule has 0 radical (unpaired) electrons. The van der Waals surface area contributed by atoms with E-state index in [1.165, 1.54) is 12.1 Å². The molecule has 1 aromatic heterocycles. The molecule has 0 saturated heterocycles. The van der Waals surface area contributed by atoms with Crippen molar-refractivity contribution in [1.29, 1.82) is 5.26 Å². The molecule has 1 aromatic rings. The van der Waals surface area contributed by atoms with Crippen LogP contribution in [0.15, 0.2) is 16.3 Å². The molecule has 94 valence electrons. The lowest BCUT2D eigenvalue weighted by Gasteiger charge is -2.14. The van der Waals surface area contributed by atoms with Crippen molar-refractivity contribution < 1.29 is 13.5 Å². The smallest absolute Gasteiger partial charge is 0.250 e. The fourth-order valence-electron chi connectivity index (χ4n) is 1.30. The first-order valence-corrected chi connectivity index (χ1v) is 7.46. The van der Waals surface area contributed by atoms with Crippen molar-refractivity contribution in [3.8, 4) is 6.07 Å². The van der Waals surface area contributed by atoms with Gasteiger partial charge in [0.05, 0.1) is 0 Å². The number of rotatable bonds is 6. The second kappa shape index (κ2) is 6.12. The number of hydrogen-bond acceptors (Lipinski definition) is 5. The first-order valence-electron chi connectivity index (χ1n) is 5.16. The second-order valence-corrected chi connectivity index (χ2v) is 6.49. The van der Waals surface area contributed by atoms with Crippen LogP contribution in [-0.2, 0) is 10.0 Å². The van der Waals surface area contributed by atoms with E-state index in [0.29, 0.717) is 17.7 Å². The minimum absolute atomic E-state index is 0.0606. The van der Waals surface area contributed by atoms with E-state index in [-0.39, 0.29) is 16.9 Å². The Bertz CT molecular complexity index is 502. The third-order valence-electron chi connectivity index (χ3n) is 2.25. The molecular formula is C10H14N2O3S2. The molecule has 2 N–H and O–H groups in total. The number of sulfonamides is 1. The molecular weight excluding hydrogens is 260 g/mol. The van der Waals surface area contributed by atoms with Crippen molar-refractivity contribution in [1.82, 2.24) is 4.72 Å². The van der Waals surface area contributed by atoms with Gasteiger partial charge in [-0.05, 0) is 25.0 Å². The third-order valence-corrected chi connectivity index (χ3v) is 5.25. The van der Waals surface area contributed by atoms with Gasteiger partial charge in [0.15, 0.2) is 0 Å². The van der Waals surface area contributed by atoms with E-state index in [1.807, 2.05) is 13.0 Å². The van der Waals surface area contributed by atoms with Crippen LogP contribution in [0.3, 0.4) is 0 Å². The molecule has 0 spiro atoms. The van der Waals surface area contributed by atoms with Crippen LogP contribution in [0.1, 0.15) is 24.6 Å². The lowest BCUT2D eigenvalue weighted by molar-refractivity contribution is 0.270. The number of hydrogen-bond donors (Lipinski definition) is 2. The van der Waals surface area contributed by atoms with E-state index in [9.17, 15) is 8.42 Å². The molecule has 0 amide bonds. The summed E-state index contributed by atoms with van der Waals surface area (Å²) in [5.41, 5.74) is 0. The maximum atomic E-state index is 11.9. The van der Waals surface area contributed by atoms with Gasteiger partial charge in [0, 0.05) is 12.6 Å². The van der Waals surface area contributed by atoms with E-state index in [2.05, 4.69) is 4.72 Å². The van der Waals surface area contributed by atoms with Gasteiger partial charge in [-0.2, -0.15) is 5.26 Å². The lowest BCUT2D eigenvalue weighted by atomic mass is 10.2. The Hall–Kier alpha value is -0.940. The van der Waals surface area contributed by atoms with Crippen molar-refractivity contribution >= 4 is 21.4 Å². The standard InChI is InChI=1S/C10H14N2O3S2/c1-2-8(5-6-13)12-17(14,15)10-4-3-9(7-11)16-10/h3-4,8,12-13H,2,5-6H2,1H3. The van der Waals surface area contributed by atoms with Gasteiger partial charge in [-0.25, -0.2) is 13.1 Å². The Morgan fingerprint density at radius 2 is 2.29 bits per heavy atom. The molecule has 17 heavy (non-hydrogen) atoms. The minimum atomic E-state index is -3.58. The van der Waals surface area contributed by atoms with Crippen molar-refractivity contribution in [3.63, 3.8) is 0 Å². The number of aliphatic hydroxyl groups is 1. The van der Waals surface area contributed by atoms with Gasteiger partial charge in [-0.1, -0.05) is 6.92 Å². The Kier molecular flexibility index (Phi) is 5.08. The summed E-state index contributed by atoms with van der Waals surface area (Å²) in [5, 5.41) is 17.4. The van der Waals surface area contributed by atoms with Crippen LogP contribution in [-0.4, -0.2) is 26.2 Å². The summed E-state index contributed by atoms with van der Waals surface area (Å²) in [7, 11) is -3.58. The van der Waals surface area contributed by atoms with E-state index >= 15 is 0 Å². The van der Waals surface area contributed by atoms with Gasteiger partial charge in [-0.15, -0.1) is 11.3 Å². The Morgan fingerprint density at radius 1 is 1.59 bits per heavy atom. The van der Waals surface area contributed by atoms with Crippen molar-refractivity contribution in [2.24, 2.45) is 0 Å². The average molecular weight is 274 g/mol. The van der Waals surface area contributed by atoms with Gasteiger partial charge in [-0.3, -0.25) is 0 Å². The van der Waals surface area contributed by atoms with E-state index in [0.717, 1.165) is 11.3 Å². The van der Waals surface area contributed by atoms with Crippen LogP contribution in [0.5, 0.6) is 0 Å². The molecule has 0 aliphatic heterocycles. The number of thiophene rings is 1. The summed E-state index contributed by atoms with van der Waals surface area (Å²) in [5.74, 6) is 0. The summed E-state index contributed by atoms with van der Waals surface area (Å²) in [6.07, 6.45) is 0.989. The Labute approximate surface area is 105 Å². The van der Waals surface area contributed by atoms with Gasteiger partial charge in [0.2, 0.25) is 10.0 Å². The molecule has 5 nitrogen and oxygen atoms in total. The summed E-state index contributed by atoms with van der Waals surface area (Å²) in [6, 6.07) is 4.51. The monoisotopic (exact) mass is 274 g/mol. The molecule has 7 heteroatoms. The molecule has 0 aliphatic rings. The molecule has 1 unspecified atom stereocenters. The highest BCUT2D eigenvalue weighted by atomic mass is 32.2. The predicted molar refractivity (Wildman–Crippen MR) is 65.1 cm³/mol. The fraction of sp³-hybridized carbons (Fsp3) is 0.500. The van der Waals surface area contributed by atoms with Crippen molar-refractivity contribution in [2.45, 2.75) is 30.0 Å². The molecule has 0 aromatic carbocycles. The van der Waals surface area contributed by atoms with Crippen LogP contribution >= 0.6 is 11.3 Å². The molecule has 1 heterocycles. The zero-order valence-electron chi connectivity index (χ0n) is 9.38. The normalized spacial score (nSPS) is 13.2. The molecule has 0 fully saturated rings. The number of nitrogens with zero attached hydrogens (tertiary/aromatic N) is 1. The zero-order chi connectivity index (χ0) is 12.9. The minimum Gasteiger partial charge on any atom is -0.396 e. The topological polar surface area (TPSA) is 90.2 Å². The third kappa shape index (κ3) is 3.78. The average Bonchev–Trinajstić information content (AvgIpc) is 2.77. The highest BCUT2D eigenvalue weighted by Crippen LogP contribution is 2.21. The van der Waals surface area contributed by atoms with Crippen LogP contribution in [0.25, 0.3) is 0 Å².